The second-order valence-electron chi connectivity index (χ2n) is 8.17. The maximum atomic E-state index is 13.6. The first-order valence-electron chi connectivity index (χ1n) is 11.1. The monoisotopic (exact) mass is 460 g/mol. The first-order chi connectivity index (χ1) is 16.4. The van der Waals surface area contributed by atoms with E-state index in [1.165, 1.54) is 29.2 Å². The number of aliphatic hydroxyl groups is 1. The molecule has 1 amide bonds. The summed E-state index contributed by atoms with van der Waals surface area (Å²) in [5.74, 6) is -1.57. The normalized spacial score (nSPS) is 17.3. The van der Waals surface area contributed by atoms with Crippen LogP contribution in [0.4, 0.5) is 4.39 Å². The van der Waals surface area contributed by atoms with E-state index in [0.717, 1.165) is 17.5 Å². The molecule has 0 radical (unpaired) electrons. The van der Waals surface area contributed by atoms with Crippen LogP contribution >= 0.6 is 0 Å². The van der Waals surface area contributed by atoms with Crippen molar-refractivity contribution in [3.63, 3.8) is 0 Å². The molecular weight excluding hydrogens is 435 g/mol. The van der Waals surface area contributed by atoms with E-state index in [1.54, 1.807) is 42.7 Å². The molecule has 1 atom stereocenters. The average Bonchev–Trinajstić information content (AvgIpc) is 3.09. The number of hydrogen-bond acceptors (Lipinski definition) is 5. The minimum atomic E-state index is -0.878. The number of aliphatic hydroxyl groups excluding tert-OH is 1. The molecule has 3 aromatic rings. The minimum absolute atomic E-state index is 0.0397. The van der Waals surface area contributed by atoms with E-state index in [9.17, 15) is 19.1 Å². The number of aromatic nitrogens is 1. The van der Waals surface area contributed by atoms with E-state index in [0.29, 0.717) is 23.5 Å². The van der Waals surface area contributed by atoms with Crippen LogP contribution in [-0.2, 0) is 16.1 Å². The van der Waals surface area contributed by atoms with Gasteiger partial charge in [-0.3, -0.25) is 14.6 Å². The number of ether oxygens (including phenoxy) is 1. The number of Topliss-reactive ketones (excluding diaryl/α,β-unsaturated/α-hetero) is 1. The number of likely N-dealkylation sites (tertiary alicyclic amines) is 1. The van der Waals surface area contributed by atoms with Gasteiger partial charge in [0.25, 0.3) is 11.7 Å². The fourth-order valence-electron chi connectivity index (χ4n) is 4.05. The van der Waals surface area contributed by atoms with E-state index < -0.39 is 23.5 Å². The Morgan fingerprint density at radius 1 is 1.15 bits per heavy atom. The smallest absolute Gasteiger partial charge is 0.295 e. The number of ketones is 1. The number of aryl methyl sites for hydroxylation is 1. The third-order valence-corrected chi connectivity index (χ3v) is 5.71. The van der Waals surface area contributed by atoms with Gasteiger partial charge in [-0.05, 0) is 66.4 Å². The summed E-state index contributed by atoms with van der Waals surface area (Å²) in [7, 11) is 0. The van der Waals surface area contributed by atoms with Crippen molar-refractivity contribution in [2.45, 2.75) is 32.9 Å². The van der Waals surface area contributed by atoms with Gasteiger partial charge in [0, 0.05) is 24.5 Å². The molecule has 6 nitrogen and oxygen atoms in total. The number of nitrogens with zero attached hydrogens (tertiary/aromatic N) is 2. The maximum Gasteiger partial charge on any atom is 0.295 e. The van der Waals surface area contributed by atoms with Crippen LogP contribution in [0.25, 0.3) is 5.76 Å². The Hall–Kier alpha value is -4.00. The Balaban J connectivity index is 1.81. The molecule has 7 heteroatoms. The zero-order valence-electron chi connectivity index (χ0n) is 19.0. The SMILES string of the molecule is CCCOc1ccc(C(O)=C2C(=O)C(=O)N(Cc3cccnc3)C2c2ccc(F)cc2)cc1C. The molecule has 0 saturated carbocycles. The summed E-state index contributed by atoms with van der Waals surface area (Å²) in [6.45, 7) is 4.53. The highest BCUT2D eigenvalue weighted by Crippen LogP contribution is 2.40. The van der Waals surface area contributed by atoms with Crippen molar-refractivity contribution >= 4 is 17.4 Å². The van der Waals surface area contributed by atoms with E-state index in [2.05, 4.69) is 4.98 Å². The van der Waals surface area contributed by atoms with Crippen LogP contribution < -0.4 is 4.74 Å². The highest BCUT2D eigenvalue weighted by atomic mass is 19.1. The lowest BCUT2D eigenvalue weighted by atomic mass is 9.94. The number of amides is 1. The summed E-state index contributed by atoms with van der Waals surface area (Å²) in [6.07, 6.45) is 4.09. The van der Waals surface area contributed by atoms with Crippen LogP contribution in [0.5, 0.6) is 5.75 Å². The fourth-order valence-corrected chi connectivity index (χ4v) is 4.05. The van der Waals surface area contributed by atoms with Crippen molar-refractivity contribution < 1.29 is 23.8 Å². The number of carbonyl (C=O) groups is 2. The molecule has 1 aromatic heterocycles. The third-order valence-electron chi connectivity index (χ3n) is 5.71. The second-order valence-corrected chi connectivity index (χ2v) is 8.17. The highest BCUT2D eigenvalue weighted by Gasteiger charge is 2.46. The van der Waals surface area contributed by atoms with Gasteiger partial charge in [0.1, 0.15) is 17.3 Å². The van der Waals surface area contributed by atoms with Crippen molar-refractivity contribution in [3.8, 4) is 5.75 Å². The Morgan fingerprint density at radius 3 is 2.56 bits per heavy atom. The summed E-state index contributed by atoms with van der Waals surface area (Å²) in [5.41, 5.74) is 2.39. The minimum Gasteiger partial charge on any atom is -0.507 e. The van der Waals surface area contributed by atoms with Gasteiger partial charge >= 0.3 is 0 Å². The maximum absolute atomic E-state index is 13.6. The number of halogens is 1. The molecule has 0 spiro atoms. The largest absolute Gasteiger partial charge is 0.507 e. The Labute approximate surface area is 197 Å². The first-order valence-corrected chi connectivity index (χ1v) is 11.1. The molecule has 34 heavy (non-hydrogen) atoms. The van der Waals surface area contributed by atoms with Crippen molar-refractivity contribution in [2.24, 2.45) is 0 Å². The van der Waals surface area contributed by atoms with Crippen molar-refractivity contribution in [3.05, 3.63) is 101 Å². The fraction of sp³-hybridized carbons (Fsp3) is 0.222. The molecule has 174 valence electrons. The van der Waals surface area contributed by atoms with Gasteiger partial charge in [0.2, 0.25) is 0 Å². The van der Waals surface area contributed by atoms with Crippen molar-refractivity contribution in [1.29, 1.82) is 0 Å². The van der Waals surface area contributed by atoms with Crippen LogP contribution in [0.3, 0.4) is 0 Å². The predicted octanol–water partition coefficient (Wildman–Crippen LogP) is 4.94. The summed E-state index contributed by atoms with van der Waals surface area (Å²) < 4.78 is 19.3. The molecule has 1 N–H and O–H groups in total. The lowest BCUT2D eigenvalue weighted by Gasteiger charge is -2.25. The molecule has 0 aliphatic carbocycles. The van der Waals surface area contributed by atoms with Crippen LogP contribution in [-0.4, -0.2) is 33.3 Å². The number of pyridine rings is 1. The summed E-state index contributed by atoms with van der Waals surface area (Å²) >= 11 is 0. The second kappa shape index (κ2) is 9.87. The topological polar surface area (TPSA) is 79.7 Å². The summed E-state index contributed by atoms with van der Waals surface area (Å²) in [5, 5.41) is 11.2. The molecule has 2 aromatic carbocycles. The van der Waals surface area contributed by atoms with Crippen molar-refractivity contribution in [1.82, 2.24) is 9.88 Å². The van der Waals surface area contributed by atoms with Crippen LogP contribution in [0, 0.1) is 12.7 Å². The van der Waals surface area contributed by atoms with Crippen LogP contribution in [0.15, 0.2) is 72.6 Å². The van der Waals surface area contributed by atoms with Gasteiger partial charge in [-0.1, -0.05) is 25.1 Å². The molecule has 1 fully saturated rings. The van der Waals surface area contributed by atoms with Crippen LogP contribution in [0.2, 0.25) is 0 Å². The first kappa shape index (κ1) is 23.2. The molecule has 1 aliphatic heterocycles. The number of rotatable bonds is 7. The number of carbonyl (C=O) groups excluding carboxylic acids is 2. The van der Waals surface area contributed by atoms with Gasteiger partial charge in [-0.2, -0.15) is 0 Å². The number of hydrogen-bond donors (Lipinski definition) is 1. The zero-order valence-corrected chi connectivity index (χ0v) is 19.0. The van der Waals surface area contributed by atoms with Crippen molar-refractivity contribution in [2.75, 3.05) is 6.61 Å². The summed E-state index contributed by atoms with van der Waals surface area (Å²) in [6, 6.07) is 13.3. The molecule has 1 saturated heterocycles. The van der Waals surface area contributed by atoms with Gasteiger partial charge < -0.3 is 14.7 Å². The average molecular weight is 461 g/mol. The van der Waals surface area contributed by atoms with E-state index in [-0.39, 0.29) is 17.9 Å². The van der Waals surface area contributed by atoms with E-state index in [1.807, 2.05) is 13.8 Å². The zero-order chi connectivity index (χ0) is 24.2. The van der Waals surface area contributed by atoms with E-state index >= 15 is 0 Å². The number of benzene rings is 2. The molecule has 0 bridgehead atoms. The standard InChI is InChI=1S/C27H25FN2O4/c1-3-13-34-22-11-8-20(14-17(22)2)25(31)23-24(19-6-9-21(28)10-7-19)30(27(33)26(23)32)16-18-5-4-12-29-15-18/h4-12,14-15,24,31H,3,13,16H2,1-2H3. The molecular formula is C27H25FN2O4. The molecule has 1 unspecified atom stereocenters. The lowest BCUT2D eigenvalue weighted by Crippen LogP contribution is -2.29. The van der Waals surface area contributed by atoms with Gasteiger partial charge in [0.05, 0.1) is 18.2 Å². The van der Waals surface area contributed by atoms with Gasteiger partial charge in [-0.15, -0.1) is 0 Å². The summed E-state index contributed by atoms with van der Waals surface area (Å²) in [4.78, 5) is 31.7. The quantitative estimate of drug-likeness (QED) is 0.307. The van der Waals surface area contributed by atoms with E-state index in [4.69, 9.17) is 4.74 Å². The van der Waals surface area contributed by atoms with Gasteiger partial charge in [-0.25, -0.2) is 4.39 Å². The molecule has 4 rings (SSSR count). The predicted molar refractivity (Wildman–Crippen MR) is 125 cm³/mol. The Bertz CT molecular complexity index is 1240. The Kier molecular flexibility index (Phi) is 6.72. The molecule has 1 aliphatic rings. The highest BCUT2D eigenvalue weighted by molar-refractivity contribution is 6.46. The molecule has 2 heterocycles. The van der Waals surface area contributed by atoms with Gasteiger partial charge in [0.15, 0.2) is 0 Å². The van der Waals surface area contributed by atoms with Crippen LogP contribution in [0.1, 0.15) is 41.6 Å². The third kappa shape index (κ3) is 4.55. The lowest BCUT2D eigenvalue weighted by molar-refractivity contribution is -0.140. The Morgan fingerprint density at radius 2 is 1.91 bits per heavy atom.